The van der Waals surface area contributed by atoms with E-state index in [1.807, 2.05) is 20.8 Å². The van der Waals surface area contributed by atoms with E-state index in [4.69, 9.17) is 4.74 Å². The summed E-state index contributed by atoms with van der Waals surface area (Å²) in [6.07, 6.45) is 1.68. The van der Waals surface area contributed by atoms with E-state index in [2.05, 4.69) is 10.3 Å². The zero-order chi connectivity index (χ0) is 10.6. The molecule has 1 N–H and O–H groups in total. The molecule has 14 heavy (non-hydrogen) atoms. The SMILES string of the molecule is CCCC1N=C(C(C)OCC)NC1=O. The van der Waals surface area contributed by atoms with E-state index in [0.717, 1.165) is 12.8 Å². The maximum Gasteiger partial charge on any atom is 0.250 e. The van der Waals surface area contributed by atoms with Gasteiger partial charge in [0.15, 0.2) is 0 Å². The second-order valence-corrected chi connectivity index (χ2v) is 3.41. The molecule has 0 aliphatic carbocycles. The van der Waals surface area contributed by atoms with E-state index in [1.54, 1.807) is 0 Å². The summed E-state index contributed by atoms with van der Waals surface area (Å²) >= 11 is 0. The summed E-state index contributed by atoms with van der Waals surface area (Å²) in [5, 5.41) is 2.76. The van der Waals surface area contributed by atoms with Gasteiger partial charge < -0.3 is 10.1 Å². The van der Waals surface area contributed by atoms with Gasteiger partial charge in [-0.05, 0) is 20.3 Å². The van der Waals surface area contributed by atoms with Gasteiger partial charge >= 0.3 is 0 Å². The topological polar surface area (TPSA) is 50.7 Å². The number of nitrogens with zero attached hydrogens (tertiary/aromatic N) is 1. The smallest absolute Gasteiger partial charge is 0.250 e. The monoisotopic (exact) mass is 198 g/mol. The standard InChI is InChI=1S/C10H18N2O2/c1-4-6-8-10(13)12-9(11-8)7(3)14-5-2/h7-8H,4-6H2,1-3H3,(H,11,12,13). The van der Waals surface area contributed by atoms with E-state index in [1.165, 1.54) is 0 Å². The molecule has 2 atom stereocenters. The Balaban J connectivity index is 2.55. The predicted molar refractivity (Wildman–Crippen MR) is 55.4 cm³/mol. The van der Waals surface area contributed by atoms with Crippen LogP contribution < -0.4 is 5.32 Å². The first kappa shape index (κ1) is 11.2. The summed E-state index contributed by atoms with van der Waals surface area (Å²) in [6.45, 7) is 6.51. The Morgan fingerprint density at radius 1 is 1.57 bits per heavy atom. The van der Waals surface area contributed by atoms with E-state index < -0.39 is 0 Å². The van der Waals surface area contributed by atoms with Crippen molar-refractivity contribution >= 4 is 11.7 Å². The lowest BCUT2D eigenvalue weighted by Crippen LogP contribution is -2.35. The van der Waals surface area contributed by atoms with Crippen molar-refractivity contribution in [1.29, 1.82) is 0 Å². The van der Waals surface area contributed by atoms with Gasteiger partial charge in [0.05, 0.1) is 0 Å². The van der Waals surface area contributed by atoms with Gasteiger partial charge in [-0.2, -0.15) is 0 Å². The van der Waals surface area contributed by atoms with Gasteiger partial charge in [-0.3, -0.25) is 9.79 Å². The third kappa shape index (κ3) is 2.54. The fourth-order valence-electron chi connectivity index (χ4n) is 1.47. The second kappa shape index (κ2) is 5.10. The lowest BCUT2D eigenvalue weighted by molar-refractivity contribution is -0.120. The molecule has 1 heterocycles. The molecule has 0 aromatic carbocycles. The van der Waals surface area contributed by atoms with Crippen molar-refractivity contribution in [1.82, 2.24) is 5.32 Å². The highest BCUT2D eigenvalue weighted by molar-refractivity contribution is 6.07. The molecule has 1 rings (SSSR count). The van der Waals surface area contributed by atoms with Gasteiger partial charge in [-0.15, -0.1) is 0 Å². The molecule has 1 aliphatic rings. The predicted octanol–water partition coefficient (Wildman–Crippen LogP) is 1.11. The first-order chi connectivity index (χ1) is 6.69. The van der Waals surface area contributed by atoms with Crippen LogP contribution in [0.4, 0.5) is 0 Å². The van der Waals surface area contributed by atoms with Crippen LogP contribution in [0.2, 0.25) is 0 Å². The van der Waals surface area contributed by atoms with Crippen molar-refractivity contribution in [2.45, 2.75) is 45.8 Å². The van der Waals surface area contributed by atoms with Crippen LogP contribution in [-0.2, 0) is 9.53 Å². The zero-order valence-corrected chi connectivity index (χ0v) is 9.04. The Kier molecular flexibility index (Phi) is 4.07. The summed E-state index contributed by atoms with van der Waals surface area (Å²) in [5.41, 5.74) is 0. The number of rotatable bonds is 5. The minimum Gasteiger partial charge on any atom is -0.371 e. The van der Waals surface area contributed by atoms with Gasteiger partial charge in [0.1, 0.15) is 18.0 Å². The molecule has 0 bridgehead atoms. The highest BCUT2D eigenvalue weighted by Crippen LogP contribution is 2.10. The minimum atomic E-state index is -0.196. The number of nitrogens with one attached hydrogen (secondary N) is 1. The van der Waals surface area contributed by atoms with Crippen molar-refractivity contribution in [2.75, 3.05) is 6.61 Å². The molecule has 1 amide bonds. The third-order valence-electron chi connectivity index (χ3n) is 2.21. The van der Waals surface area contributed by atoms with Crippen molar-refractivity contribution < 1.29 is 9.53 Å². The normalized spacial score (nSPS) is 23.2. The first-order valence-electron chi connectivity index (χ1n) is 5.19. The number of ether oxygens (including phenoxy) is 1. The summed E-state index contributed by atoms with van der Waals surface area (Å²) in [7, 11) is 0. The van der Waals surface area contributed by atoms with Crippen molar-refractivity contribution in [3.8, 4) is 0 Å². The van der Waals surface area contributed by atoms with Crippen LogP contribution in [0.15, 0.2) is 4.99 Å². The Morgan fingerprint density at radius 3 is 2.86 bits per heavy atom. The molecule has 4 heteroatoms. The number of carbonyl (C=O) groups excluding carboxylic acids is 1. The van der Waals surface area contributed by atoms with Gasteiger partial charge in [0.2, 0.25) is 5.91 Å². The van der Waals surface area contributed by atoms with Crippen LogP contribution in [0.3, 0.4) is 0 Å². The van der Waals surface area contributed by atoms with E-state index in [9.17, 15) is 4.79 Å². The Labute approximate surface area is 84.7 Å². The van der Waals surface area contributed by atoms with Crippen molar-refractivity contribution in [3.05, 3.63) is 0 Å². The van der Waals surface area contributed by atoms with Crippen molar-refractivity contribution in [2.24, 2.45) is 4.99 Å². The molecule has 0 spiro atoms. The van der Waals surface area contributed by atoms with Crippen LogP contribution in [0.25, 0.3) is 0 Å². The molecule has 0 radical (unpaired) electrons. The summed E-state index contributed by atoms with van der Waals surface area (Å²) < 4.78 is 5.36. The number of amidine groups is 1. The quantitative estimate of drug-likeness (QED) is 0.719. The molecule has 80 valence electrons. The Bertz CT molecular complexity index is 238. The number of aliphatic imine (C=N–C) groups is 1. The zero-order valence-electron chi connectivity index (χ0n) is 9.04. The number of hydrogen-bond acceptors (Lipinski definition) is 3. The highest BCUT2D eigenvalue weighted by Gasteiger charge is 2.27. The maximum absolute atomic E-state index is 11.4. The molecule has 0 fully saturated rings. The lowest BCUT2D eigenvalue weighted by atomic mass is 10.2. The van der Waals surface area contributed by atoms with E-state index in [-0.39, 0.29) is 18.1 Å². The number of hydrogen-bond donors (Lipinski definition) is 1. The molecule has 0 saturated carbocycles. The van der Waals surface area contributed by atoms with Crippen LogP contribution in [-0.4, -0.2) is 30.5 Å². The Morgan fingerprint density at radius 2 is 2.29 bits per heavy atom. The van der Waals surface area contributed by atoms with Crippen LogP contribution in [0, 0.1) is 0 Å². The third-order valence-corrected chi connectivity index (χ3v) is 2.21. The lowest BCUT2D eigenvalue weighted by Gasteiger charge is -2.10. The van der Waals surface area contributed by atoms with Crippen LogP contribution in [0.5, 0.6) is 0 Å². The first-order valence-corrected chi connectivity index (χ1v) is 5.19. The molecule has 2 unspecified atom stereocenters. The molecule has 0 aromatic rings. The molecule has 0 saturated heterocycles. The van der Waals surface area contributed by atoms with Crippen LogP contribution >= 0.6 is 0 Å². The largest absolute Gasteiger partial charge is 0.371 e. The van der Waals surface area contributed by atoms with Crippen molar-refractivity contribution in [3.63, 3.8) is 0 Å². The van der Waals surface area contributed by atoms with Crippen LogP contribution in [0.1, 0.15) is 33.6 Å². The Hall–Kier alpha value is -0.900. The van der Waals surface area contributed by atoms with E-state index in [0.29, 0.717) is 12.4 Å². The maximum atomic E-state index is 11.4. The molecule has 0 aromatic heterocycles. The van der Waals surface area contributed by atoms with Gasteiger partial charge in [0.25, 0.3) is 0 Å². The fraction of sp³-hybridized carbons (Fsp3) is 0.800. The minimum absolute atomic E-state index is 0.00778. The van der Waals surface area contributed by atoms with Gasteiger partial charge in [0, 0.05) is 6.61 Å². The molecule has 4 nitrogen and oxygen atoms in total. The molecular weight excluding hydrogens is 180 g/mol. The van der Waals surface area contributed by atoms with Gasteiger partial charge in [-0.1, -0.05) is 13.3 Å². The fourth-order valence-corrected chi connectivity index (χ4v) is 1.47. The van der Waals surface area contributed by atoms with Gasteiger partial charge in [-0.25, -0.2) is 0 Å². The van der Waals surface area contributed by atoms with E-state index >= 15 is 0 Å². The summed E-state index contributed by atoms with van der Waals surface area (Å²) in [5.74, 6) is 0.684. The average molecular weight is 198 g/mol. The summed E-state index contributed by atoms with van der Waals surface area (Å²) in [4.78, 5) is 15.7. The summed E-state index contributed by atoms with van der Waals surface area (Å²) in [6, 6.07) is -0.196. The average Bonchev–Trinajstić information content (AvgIpc) is 2.49. The molecular formula is C10H18N2O2. The molecule has 1 aliphatic heterocycles. The highest BCUT2D eigenvalue weighted by atomic mass is 16.5. The number of carbonyl (C=O) groups is 1. The number of amides is 1. The second-order valence-electron chi connectivity index (χ2n) is 3.41.